The molecule has 0 bridgehead atoms. The minimum atomic E-state index is -0.604. The van der Waals surface area contributed by atoms with E-state index in [0.717, 1.165) is 12.8 Å². The molecule has 0 aromatic heterocycles. The molecule has 1 saturated heterocycles. The van der Waals surface area contributed by atoms with Gasteiger partial charge in [0.05, 0.1) is 18.2 Å². The molecule has 5 heteroatoms. The Morgan fingerprint density at radius 2 is 2.25 bits per heavy atom. The average molecular weight is 277 g/mol. The van der Waals surface area contributed by atoms with E-state index >= 15 is 0 Å². The van der Waals surface area contributed by atoms with Crippen LogP contribution in [0.1, 0.15) is 28.8 Å². The number of carbonyl (C=O) groups excluding carboxylic acids is 1. The van der Waals surface area contributed by atoms with Crippen molar-refractivity contribution in [3.05, 3.63) is 35.1 Å². The van der Waals surface area contributed by atoms with Crippen molar-refractivity contribution >= 4 is 5.91 Å². The zero-order valence-corrected chi connectivity index (χ0v) is 11.0. The molecule has 1 aromatic rings. The summed E-state index contributed by atoms with van der Waals surface area (Å²) in [5.41, 5.74) is 0.429. The lowest BCUT2D eigenvalue weighted by Gasteiger charge is -2.23. The first-order valence-electron chi connectivity index (χ1n) is 6.48. The van der Waals surface area contributed by atoms with Crippen LogP contribution in [0.15, 0.2) is 18.2 Å². The van der Waals surface area contributed by atoms with Crippen LogP contribution in [0.4, 0.5) is 4.39 Å². The summed E-state index contributed by atoms with van der Waals surface area (Å²) in [6.45, 7) is 0.118. The first-order chi connectivity index (χ1) is 9.67. The Kier molecular flexibility index (Phi) is 4.72. The third-order valence-electron chi connectivity index (χ3n) is 3.36. The maximum atomic E-state index is 13.8. The highest BCUT2D eigenvalue weighted by Crippen LogP contribution is 2.21. The van der Waals surface area contributed by atoms with Gasteiger partial charge >= 0.3 is 0 Å². The molecule has 1 fully saturated rings. The summed E-state index contributed by atoms with van der Waals surface area (Å²) in [7, 11) is 0. The fraction of sp³-hybridized carbons (Fsp3) is 0.400. The van der Waals surface area contributed by atoms with Gasteiger partial charge in [0.25, 0.3) is 5.91 Å². The highest BCUT2D eigenvalue weighted by Gasteiger charge is 2.30. The van der Waals surface area contributed by atoms with Crippen molar-refractivity contribution in [1.82, 2.24) is 4.90 Å². The van der Waals surface area contributed by atoms with Crippen LogP contribution >= 0.6 is 0 Å². The van der Waals surface area contributed by atoms with Crippen LogP contribution in [0.25, 0.3) is 0 Å². The van der Waals surface area contributed by atoms with E-state index in [1.54, 1.807) is 0 Å². The Labute approximate surface area is 116 Å². The lowest BCUT2D eigenvalue weighted by molar-refractivity contribution is 0.0673. The molecule has 1 aliphatic heterocycles. The van der Waals surface area contributed by atoms with E-state index in [1.165, 1.54) is 23.1 Å². The first-order valence-corrected chi connectivity index (χ1v) is 6.48. The second kappa shape index (κ2) is 6.51. The maximum Gasteiger partial charge on any atom is 0.257 e. The highest BCUT2D eigenvalue weighted by molar-refractivity contribution is 5.95. The molecule has 1 aliphatic rings. The SMILES string of the molecule is O=C(c1cc(C#CCO)ccc1F)N1CCCC1CO. The highest BCUT2D eigenvalue weighted by atomic mass is 19.1. The molecule has 0 radical (unpaired) electrons. The van der Waals surface area contributed by atoms with E-state index in [9.17, 15) is 14.3 Å². The van der Waals surface area contributed by atoms with Crippen molar-refractivity contribution in [3.8, 4) is 11.8 Å². The molecule has 2 rings (SSSR count). The summed E-state index contributed by atoms with van der Waals surface area (Å²) in [5.74, 6) is 4.08. The van der Waals surface area contributed by atoms with Gasteiger partial charge in [0.15, 0.2) is 0 Å². The lowest BCUT2D eigenvalue weighted by atomic mass is 10.1. The summed E-state index contributed by atoms with van der Waals surface area (Å²) >= 11 is 0. The van der Waals surface area contributed by atoms with Gasteiger partial charge in [-0.25, -0.2) is 4.39 Å². The van der Waals surface area contributed by atoms with E-state index < -0.39 is 11.7 Å². The summed E-state index contributed by atoms with van der Waals surface area (Å²) in [6, 6.07) is 3.79. The van der Waals surface area contributed by atoms with Gasteiger partial charge in [-0.3, -0.25) is 4.79 Å². The standard InChI is InChI=1S/C15H16FNO3/c16-14-6-5-11(3-2-8-18)9-13(14)15(20)17-7-1-4-12(17)10-19/h5-6,9,12,18-19H,1,4,7-8,10H2. The minimum Gasteiger partial charge on any atom is -0.394 e. The molecule has 1 unspecified atom stereocenters. The van der Waals surface area contributed by atoms with Crippen molar-refractivity contribution in [2.45, 2.75) is 18.9 Å². The van der Waals surface area contributed by atoms with E-state index in [-0.39, 0.29) is 24.8 Å². The number of nitrogens with zero attached hydrogens (tertiary/aromatic N) is 1. The average Bonchev–Trinajstić information content (AvgIpc) is 2.94. The van der Waals surface area contributed by atoms with Gasteiger partial charge < -0.3 is 15.1 Å². The normalized spacial score (nSPS) is 17.8. The zero-order valence-electron chi connectivity index (χ0n) is 11.0. The molecule has 0 saturated carbocycles. The number of rotatable bonds is 2. The number of halogens is 1. The number of hydrogen-bond donors (Lipinski definition) is 2. The smallest absolute Gasteiger partial charge is 0.257 e. The second-order valence-corrected chi connectivity index (χ2v) is 4.63. The minimum absolute atomic E-state index is 0.0462. The molecule has 106 valence electrons. The zero-order chi connectivity index (χ0) is 14.5. The van der Waals surface area contributed by atoms with Gasteiger partial charge in [-0.2, -0.15) is 0 Å². The summed E-state index contributed by atoms with van der Waals surface area (Å²) in [6.07, 6.45) is 1.54. The number of benzene rings is 1. The van der Waals surface area contributed by atoms with Crippen molar-refractivity contribution in [3.63, 3.8) is 0 Å². The molecular formula is C15H16FNO3. The number of likely N-dealkylation sites (tertiary alicyclic amines) is 1. The molecule has 20 heavy (non-hydrogen) atoms. The molecule has 0 aliphatic carbocycles. The molecule has 1 atom stereocenters. The molecule has 1 aromatic carbocycles. The van der Waals surface area contributed by atoms with Crippen LogP contribution in [-0.2, 0) is 0 Å². The van der Waals surface area contributed by atoms with Gasteiger partial charge in [0.2, 0.25) is 0 Å². The van der Waals surface area contributed by atoms with Gasteiger partial charge in [-0.15, -0.1) is 0 Å². The van der Waals surface area contributed by atoms with E-state index in [2.05, 4.69) is 11.8 Å². The first kappa shape index (κ1) is 14.5. The Morgan fingerprint density at radius 3 is 2.95 bits per heavy atom. The second-order valence-electron chi connectivity index (χ2n) is 4.63. The number of carbonyl (C=O) groups is 1. The van der Waals surface area contributed by atoms with Crippen LogP contribution in [0.3, 0.4) is 0 Å². The third kappa shape index (κ3) is 2.98. The van der Waals surface area contributed by atoms with Gasteiger partial charge in [0, 0.05) is 12.1 Å². The molecule has 2 N–H and O–H groups in total. The Balaban J connectivity index is 2.29. The van der Waals surface area contributed by atoms with Crippen molar-refractivity contribution in [2.75, 3.05) is 19.8 Å². The number of amides is 1. The van der Waals surface area contributed by atoms with Gasteiger partial charge in [0.1, 0.15) is 12.4 Å². The fourth-order valence-corrected chi connectivity index (χ4v) is 2.36. The largest absolute Gasteiger partial charge is 0.394 e. The fourth-order valence-electron chi connectivity index (χ4n) is 2.36. The maximum absolute atomic E-state index is 13.8. The van der Waals surface area contributed by atoms with E-state index in [1.807, 2.05) is 0 Å². The van der Waals surface area contributed by atoms with Crippen LogP contribution < -0.4 is 0 Å². The molecular weight excluding hydrogens is 261 g/mol. The summed E-state index contributed by atoms with van der Waals surface area (Å²) < 4.78 is 13.8. The molecule has 1 amide bonds. The lowest BCUT2D eigenvalue weighted by Crippen LogP contribution is -2.38. The van der Waals surface area contributed by atoms with E-state index in [0.29, 0.717) is 12.1 Å². The molecule has 1 heterocycles. The van der Waals surface area contributed by atoms with Gasteiger partial charge in [-0.1, -0.05) is 11.8 Å². The van der Waals surface area contributed by atoms with Crippen molar-refractivity contribution in [2.24, 2.45) is 0 Å². The number of aliphatic hydroxyl groups excluding tert-OH is 2. The monoisotopic (exact) mass is 277 g/mol. The molecule has 0 spiro atoms. The quantitative estimate of drug-likeness (QED) is 0.785. The summed E-state index contributed by atoms with van der Waals surface area (Å²) in [5, 5.41) is 17.9. The van der Waals surface area contributed by atoms with Crippen molar-refractivity contribution in [1.29, 1.82) is 0 Å². The number of aliphatic hydroxyl groups is 2. The number of hydrogen-bond acceptors (Lipinski definition) is 3. The Morgan fingerprint density at radius 1 is 1.45 bits per heavy atom. The van der Waals surface area contributed by atoms with Crippen LogP contribution in [-0.4, -0.2) is 46.8 Å². The Bertz CT molecular complexity index is 562. The topological polar surface area (TPSA) is 60.8 Å². The van der Waals surface area contributed by atoms with Crippen LogP contribution in [0.5, 0.6) is 0 Å². The summed E-state index contributed by atoms with van der Waals surface area (Å²) in [4.78, 5) is 13.8. The Hall–Kier alpha value is -1.90. The van der Waals surface area contributed by atoms with Gasteiger partial charge in [-0.05, 0) is 31.0 Å². The van der Waals surface area contributed by atoms with Crippen LogP contribution in [0.2, 0.25) is 0 Å². The van der Waals surface area contributed by atoms with Crippen LogP contribution in [0, 0.1) is 17.7 Å². The van der Waals surface area contributed by atoms with Crippen molar-refractivity contribution < 1.29 is 19.4 Å². The molecule has 4 nitrogen and oxygen atoms in total. The van der Waals surface area contributed by atoms with E-state index in [4.69, 9.17) is 5.11 Å². The predicted octanol–water partition coefficient (Wildman–Crippen LogP) is 0.766. The predicted molar refractivity (Wildman–Crippen MR) is 71.5 cm³/mol. The third-order valence-corrected chi connectivity index (χ3v) is 3.36.